The van der Waals surface area contributed by atoms with E-state index in [1.165, 1.54) is 6.07 Å². The highest BCUT2D eigenvalue weighted by Gasteiger charge is 2.24. The van der Waals surface area contributed by atoms with Crippen LogP contribution in [-0.2, 0) is 4.57 Å². The minimum absolute atomic E-state index is 0.0354. The predicted octanol–water partition coefficient (Wildman–Crippen LogP) is 1.46. The molecule has 9 nitrogen and oxygen atoms in total. The van der Waals surface area contributed by atoms with Crippen LogP contribution in [0.1, 0.15) is 33.1 Å². The van der Waals surface area contributed by atoms with Crippen molar-refractivity contribution in [3.63, 3.8) is 0 Å². The molecule has 2 aromatic rings. The number of pyridine rings is 1. The average Bonchev–Trinajstić information content (AvgIpc) is 2.51. The van der Waals surface area contributed by atoms with Gasteiger partial charge in [0.05, 0.1) is 23.9 Å². The van der Waals surface area contributed by atoms with E-state index in [2.05, 4.69) is 27.2 Å². The number of halogens is 1. The van der Waals surface area contributed by atoms with Crippen LogP contribution in [-0.4, -0.2) is 42.0 Å². The molecule has 0 aliphatic rings. The Balaban J connectivity index is 0.000000705. The van der Waals surface area contributed by atoms with Gasteiger partial charge in [-0.3, -0.25) is 4.57 Å². The second kappa shape index (κ2) is 9.57. The van der Waals surface area contributed by atoms with Crippen LogP contribution in [0.2, 0.25) is 0 Å². The quantitative estimate of drug-likeness (QED) is 0.472. The zero-order valence-corrected chi connectivity index (χ0v) is 15.0. The molecule has 1 unspecified atom stereocenters. The number of aliphatic hydroxyl groups is 1. The molecule has 0 spiro atoms. The van der Waals surface area contributed by atoms with Gasteiger partial charge in [-0.15, -0.1) is 0 Å². The van der Waals surface area contributed by atoms with E-state index in [1.807, 2.05) is 6.92 Å². The van der Waals surface area contributed by atoms with Crippen LogP contribution < -0.4 is 11.1 Å². The van der Waals surface area contributed by atoms with Crippen LogP contribution in [0.4, 0.5) is 16.2 Å². The minimum atomic E-state index is -3.13. The Kier molecular flexibility index (Phi) is 8.11. The number of nitrogens with zero attached hydrogens (tertiary/aromatic N) is 3. The molecular formula is C14H23FN5O4P. The van der Waals surface area contributed by atoms with Crippen LogP contribution in [0, 0.1) is 5.82 Å². The van der Waals surface area contributed by atoms with Gasteiger partial charge in [0.2, 0.25) is 5.95 Å². The summed E-state index contributed by atoms with van der Waals surface area (Å²) in [6.45, 7) is 3.93. The highest BCUT2D eigenvalue weighted by molar-refractivity contribution is 7.30. The first kappa shape index (κ1) is 21.2. The number of anilines is 2. The molecule has 0 saturated carbocycles. The SMILES string of the molecule is CCCCC(C)(CO)Nc1nc(N)nc2cc(F)cnc12.O=[PH](O)O. The molecule has 0 aliphatic carbocycles. The smallest absolute Gasteiger partial charge is 0.314 e. The van der Waals surface area contributed by atoms with Gasteiger partial charge in [0, 0.05) is 6.07 Å². The maximum atomic E-state index is 13.2. The molecule has 0 fully saturated rings. The van der Waals surface area contributed by atoms with Crippen LogP contribution in [0.15, 0.2) is 12.3 Å². The normalized spacial score (nSPS) is 13.2. The topological polar surface area (TPSA) is 154 Å². The van der Waals surface area contributed by atoms with Crippen molar-refractivity contribution >= 4 is 31.1 Å². The monoisotopic (exact) mass is 375 g/mol. The van der Waals surface area contributed by atoms with Crippen molar-refractivity contribution in [3.05, 3.63) is 18.1 Å². The number of unbranched alkanes of at least 4 members (excludes halogenated alkanes) is 1. The number of nitrogens with one attached hydrogen (secondary N) is 1. The Morgan fingerprint density at radius 2 is 2.04 bits per heavy atom. The number of nitrogens with two attached hydrogens (primary N) is 1. The lowest BCUT2D eigenvalue weighted by Gasteiger charge is -2.29. The van der Waals surface area contributed by atoms with Gasteiger partial charge in [0.1, 0.15) is 11.3 Å². The summed E-state index contributed by atoms with van der Waals surface area (Å²) in [6.07, 6.45) is 3.86. The minimum Gasteiger partial charge on any atom is -0.394 e. The van der Waals surface area contributed by atoms with Gasteiger partial charge in [-0.05, 0) is 13.3 Å². The second-order valence-corrected chi connectivity index (χ2v) is 6.25. The second-order valence-electron chi connectivity index (χ2n) is 5.68. The molecule has 0 radical (unpaired) electrons. The largest absolute Gasteiger partial charge is 0.394 e. The van der Waals surface area contributed by atoms with Crippen molar-refractivity contribution in [2.24, 2.45) is 0 Å². The fourth-order valence-electron chi connectivity index (χ4n) is 2.13. The Morgan fingerprint density at radius 1 is 1.40 bits per heavy atom. The lowest BCUT2D eigenvalue weighted by molar-refractivity contribution is 0.212. The molecule has 1 atom stereocenters. The standard InChI is InChI=1S/C14H20FN5O.H3O3P/c1-3-4-5-14(2,8-21)20-12-11-10(18-13(16)19-12)6-9(15)7-17-11;1-4(2)3/h6-7,21H,3-5,8H2,1-2H3,(H3,16,18,19,20);4H,(H2,1,2,3). The molecular weight excluding hydrogens is 352 g/mol. The van der Waals surface area contributed by atoms with Gasteiger partial charge in [0.15, 0.2) is 5.82 Å². The molecule has 0 aliphatic heterocycles. The van der Waals surface area contributed by atoms with Gasteiger partial charge in [-0.1, -0.05) is 19.8 Å². The van der Waals surface area contributed by atoms with Crippen molar-refractivity contribution in [1.29, 1.82) is 0 Å². The average molecular weight is 375 g/mol. The molecule has 6 N–H and O–H groups in total. The van der Waals surface area contributed by atoms with E-state index >= 15 is 0 Å². The fourth-order valence-corrected chi connectivity index (χ4v) is 2.13. The van der Waals surface area contributed by atoms with E-state index in [4.69, 9.17) is 20.1 Å². The Morgan fingerprint density at radius 3 is 2.60 bits per heavy atom. The van der Waals surface area contributed by atoms with E-state index in [0.717, 1.165) is 25.5 Å². The zero-order chi connectivity index (χ0) is 19.0. The summed E-state index contributed by atoms with van der Waals surface area (Å²) < 4.78 is 22.0. The van der Waals surface area contributed by atoms with Crippen LogP contribution in [0.3, 0.4) is 0 Å². The molecule has 0 bridgehead atoms. The van der Waals surface area contributed by atoms with Crippen molar-refractivity contribution < 1.29 is 23.8 Å². The number of nitrogen functional groups attached to an aromatic ring is 1. The fraction of sp³-hybridized carbons (Fsp3) is 0.500. The molecule has 2 heterocycles. The number of rotatable bonds is 6. The lowest BCUT2D eigenvalue weighted by atomic mass is 9.96. The molecule has 2 rings (SSSR count). The van der Waals surface area contributed by atoms with Gasteiger partial charge >= 0.3 is 8.25 Å². The van der Waals surface area contributed by atoms with Gasteiger partial charge in [-0.2, -0.15) is 4.98 Å². The Labute approximate surface area is 145 Å². The summed E-state index contributed by atoms with van der Waals surface area (Å²) >= 11 is 0. The number of hydrogen-bond acceptors (Lipinski definition) is 7. The molecule has 0 saturated heterocycles. The van der Waals surface area contributed by atoms with Crippen molar-refractivity contribution in [3.8, 4) is 0 Å². The number of aromatic nitrogens is 3. The van der Waals surface area contributed by atoms with Crippen molar-refractivity contribution in [1.82, 2.24) is 15.0 Å². The Bertz CT molecular complexity index is 726. The van der Waals surface area contributed by atoms with Crippen LogP contribution in [0.5, 0.6) is 0 Å². The van der Waals surface area contributed by atoms with E-state index in [-0.39, 0.29) is 12.6 Å². The summed E-state index contributed by atoms with van der Waals surface area (Å²) in [4.78, 5) is 26.4. The first-order chi connectivity index (χ1) is 11.7. The first-order valence-corrected chi connectivity index (χ1v) is 8.90. The summed E-state index contributed by atoms with van der Waals surface area (Å²) in [7, 11) is -3.13. The third-order valence-electron chi connectivity index (χ3n) is 3.37. The van der Waals surface area contributed by atoms with Gasteiger partial charge < -0.3 is 25.9 Å². The molecule has 140 valence electrons. The molecule has 0 aromatic carbocycles. The maximum absolute atomic E-state index is 13.2. The van der Waals surface area contributed by atoms with Crippen LogP contribution in [0.25, 0.3) is 11.0 Å². The van der Waals surface area contributed by atoms with E-state index in [9.17, 15) is 9.50 Å². The molecule has 25 heavy (non-hydrogen) atoms. The summed E-state index contributed by atoms with van der Waals surface area (Å²) in [5.74, 6) is -0.0409. The summed E-state index contributed by atoms with van der Waals surface area (Å²) in [6, 6.07) is 1.26. The van der Waals surface area contributed by atoms with E-state index in [1.54, 1.807) is 0 Å². The predicted molar refractivity (Wildman–Crippen MR) is 93.8 cm³/mol. The zero-order valence-electron chi connectivity index (χ0n) is 14.0. The third kappa shape index (κ3) is 6.87. The van der Waals surface area contributed by atoms with Crippen LogP contribution >= 0.6 is 8.25 Å². The summed E-state index contributed by atoms with van der Waals surface area (Å²) in [5, 5.41) is 12.8. The Hall–Kier alpha value is -1.87. The maximum Gasteiger partial charge on any atom is 0.314 e. The highest BCUT2D eigenvalue weighted by Crippen LogP contribution is 2.25. The van der Waals surface area contributed by atoms with E-state index in [0.29, 0.717) is 16.9 Å². The highest BCUT2D eigenvalue weighted by atomic mass is 31.1. The molecule has 2 aromatic heterocycles. The van der Waals surface area contributed by atoms with Gasteiger partial charge in [-0.25, -0.2) is 14.4 Å². The van der Waals surface area contributed by atoms with Crippen molar-refractivity contribution in [2.45, 2.75) is 38.6 Å². The summed E-state index contributed by atoms with van der Waals surface area (Å²) in [5.41, 5.74) is 5.88. The molecule has 11 heteroatoms. The molecule has 0 amide bonds. The lowest BCUT2D eigenvalue weighted by Crippen LogP contribution is -2.39. The number of fused-ring (bicyclic) bond motifs is 1. The van der Waals surface area contributed by atoms with Crippen molar-refractivity contribution in [2.75, 3.05) is 17.7 Å². The first-order valence-electron chi connectivity index (χ1n) is 7.60. The van der Waals surface area contributed by atoms with Gasteiger partial charge in [0.25, 0.3) is 0 Å². The third-order valence-corrected chi connectivity index (χ3v) is 3.37. The number of aliphatic hydroxyl groups excluding tert-OH is 1. The number of hydrogen-bond donors (Lipinski definition) is 5. The van der Waals surface area contributed by atoms with E-state index < -0.39 is 19.6 Å².